The van der Waals surface area contributed by atoms with Crippen molar-refractivity contribution in [3.8, 4) is 28.3 Å². The van der Waals surface area contributed by atoms with Gasteiger partial charge in [-0.3, -0.25) is 0 Å². The lowest BCUT2D eigenvalue weighted by molar-refractivity contribution is 0.0799. The monoisotopic (exact) mass is 476 g/mol. The molecule has 2 aromatic carbocycles. The summed E-state index contributed by atoms with van der Waals surface area (Å²) in [5.41, 5.74) is 2.72. The van der Waals surface area contributed by atoms with Crippen LogP contribution in [0.5, 0.6) is 5.75 Å². The van der Waals surface area contributed by atoms with Gasteiger partial charge >= 0.3 is 0 Å². The van der Waals surface area contributed by atoms with Crippen LogP contribution in [0.15, 0.2) is 53.0 Å². The Morgan fingerprint density at radius 1 is 1.10 bits per heavy atom. The van der Waals surface area contributed by atoms with Gasteiger partial charge in [-0.1, -0.05) is 53.8 Å². The van der Waals surface area contributed by atoms with Crippen molar-refractivity contribution in [2.24, 2.45) is 0 Å². The first-order valence-corrected chi connectivity index (χ1v) is 14.0. The zero-order valence-electron chi connectivity index (χ0n) is 17.2. The Hall–Kier alpha value is -1.96. The van der Waals surface area contributed by atoms with Gasteiger partial charge in [0.05, 0.1) is 24.1 Å². The minimum Gasteiger partial charge on any atom is -0.496 e. The van der Waals surface area contributed by atoms with Gasteiger partial charge < -0.3 is 9.47 Å². The molecule has 0 fully saturated rings. The molecule has 0 amide bonds. The second-order valence-electron chi connectivity index (χ2n) is 8.09. The van der Waals surface area contributed by atoms with Crippen LogP contribution >= 0.6 is 15.9 Å². The number of benzene rings is 2. The summed E-state index contributed by atoms with van der Waals surface area (Å²) in [7, 11) is 0.352. The molecule has 0 radical (unpaired) electrons. The van der Waals surface area contributed by atoms with E-state index in [4.69, 9.17) is 14.6 Å². The minimum atomic E-state index is -1.19. The van der Waals surface area contributed by atoms with Crippen LogP contribution in [0, 0.1) is 5.82 Å². The van der Waals surface area contributed by atoms with Gasteiger partial charge in [0.2, 0.25) is 0 Å². The molecule has 154 valence electrons. The molecule has 7 heteroatoms. The van der Waals surface area contributed by atoms with Crippen molar-refractivity contribution in [1.82, 2.24) is 9.78 Å². The largest absolute Gasteiger partial charge is 0.496 e. The number of rotatable bonds is 8. The minimum absolute atomic E-state index is 0.258. The van der Waals surface area contributed by atoms with E-state index in [9.17, 15) is 4.39 Å². The molecule has 0 saturated carbocycles. The van der Waals surface area contributed by atoms with Crippen molar-refractivity contribution >= 4 is 24.0 Å². The van der Waals surface area contributed by atoms with Gasteiger partial charge in [-0.15, -0.1) is 0 Å². The van der Waals surface area contributed by atoms with Crippen LogP contribution in [0.2, 0.25) is 25.7 Å². The molecule has 0 atom stereocenters. The average Bonchev–Trinajstić information content (AvgIpc) is 3.08. The summed E-state index contributed by atoms with van der Waals surface area (Å²) in [5.74, 6) is 0.116. The van der Waals surface area contributed by atoms with Crippen LogP contribution in [0.4, 0.5) is 4.39 Å². The quantitative estimate of drug-likeness (QED) is 0.277. The highest BCUT2D eigenvalue weighted by atomic mass is 79.9. The molecule has 29 heavy (non-hydrogen) atoms. The average molecular weight is 477 g/mol. The molecule has 0 bridgehead atoms. The number of nitrogens with zero attached hydrogens (tertiary/aromatic N) is 2. The Bertz CT molecular complexity index is 968. The fourth-order valence-electron chi connectivity index (χ4n) is 2.93. The molecule has 0 spiro atoms. The Morgan fingerprint density at radius 3 is 2.48 bits per heavy atom. The van der Waals surface area contributed by atoms with Gasteiger partial charge in [-0.25, -0.2) is 9.07 Å². The van der Waals surface area contributed by atoms with E-state index in [2.05, 4.69) is 35.6 Å². The van der Waals surface area contributed by atoms with Crippen LogP contribution < -0.4 is 4.74 Å². The van der Waals surface area contributed by atoms with Crippen LogP contribution in [-0.2, 0) is 11.5 Å². The van der Waals surface area contributed by atoms with Gasteiger partial charge in [0.1, 0.15) is 18.3 Å². The van der Waals surface area contributed by atoms with E-state index in [-0.39, 0.29) is 12.5 Å². The van der Waals surface area contributed by atoms with E-state index < -0.39 is 8.07 Å². The first-order chi connectivity index (χ1) is 13.8. The number of hydrogen-bond donors (Lipinski definition) is 0. The van der Waals surface area contributed by atoms with E-state index in [0.717, 1.165) is 21.8 Å². The van der Waals surface area contributed by atoms with Crippen molar-refractivity contribution in [3.63, 3.8) is 0 Å². The van der Waals surface area contributed by atoms with Crippen molar-refractivity contribution in [1.29, 1.82) is 0 Å². The van der Waals surface area contributed by atoms with Gasteiger partial charge in [0, 0.05) is 24.7 Å². The molecule has 1 heterocycles. The Balaban J connectivity index is 1.98. The predicted octanol–water partition coefficient (Wildman–Crippen LogP) is 6.44. The molecule has 4 nitrogen and oxygen atoms in total. The lowest BCUT2D eigenvalue weighted by Crippen LogP contribution is -2.22. The Labute approximate surface area is 180 Å². The number of aromatic nitrogens is 2. The highest BCUT2D eigenvalue weighted by Crippen LogP contribution is 2.35. The lowest BCUT2D eigenvalue weighted by atomic mass is 10.1. The standard InChI is InChI=1S/C22H26BrFN2O2Si/c1-27-21-7-5-6-18(24)22(21)20-14-19(16-8-10-17(23)11-9-16)25-26(20)15-28-12-13-29(2,3)4/h5-11,14H,12-13,15H2,1-4H3. The summed E-state index contributed by atoms with van der Waals surface area (Å²) >= 11 is 3.45. The summed E-state index contributed by atoms with van der Waals surface area (Å²) in [4.78, 5) is 0. The predicted molar refractivity (Wildman–Crippen MR) is 121 cm³/mol. The van der Waals surface area contributed by atoms with Gasteiger partial charge in [0.15, 0.2) is 0 Å². The van der Waals surface area contributed by atoms with Crippen molar-refractivity contribution in [3.05, 3.63) is 58.8 Å². The smallest absolute Gasteiger partial charge is 0.140 e. The molecular formula is C22H26BrFN2O2Si. The summed E-state index contributed by atoms with van der Waals surface area (Å²) < 4.78 is 28.8. The van der Waals surface area contributed by atoms with Crippen LogP contribution in [0.1, 0.15) is 0 Å². The van der Waals surface area contributed by atoms with Crippen molar-refractivity contribution in [2.75, 3.05) is 13.7 Å². The second-order valence-corrected chi connectivity index (χ2v) is 14.6. The normalized spacial score (nSPS) is 11.7. The molecule has 0 aliphatic heterocycles. The van der Waals surface area contributed by atoms with E-state index in [0.29, 0.717) is 23.6 Å². The maximum Gasteiger partial charge on any atom is 0.140 e. The molecule has 0 aliphatic carbocycles. The summed E-state index contributed by atoms with van der Waals surface area (Å²) in [5, 5.41) is 4.70. The van der Waals surface area contributed by atoms with Crippen LogP contribution in [-0.4, -0.2) is 31.6 Å². The topological polar surface area (TPSA) is 36.3 Å². The molecule has 0 aliphatic rings. The fourth-order valence-corrected chi connectivity index (χ4v) is 3.95. The van der Waals surface area contributed by atoms with Gasteiger partial charge in [-0.2, -0.15) is 5.10 Å². The third-order valence-corrected chi connectivity index (χ3v) is 6.81. The zero-order valence-corrected chi connectivity index (χ0v) is 19.8. The molecule has 0 unspecified atom stereocenters. The number of methoxy groups -OCH3 is 1. The van der Waals surface area contributed by atoms with E-state index in [1.807, 2.05) is 30.3 Å². The van der Waals surface area contributed by atoms with Crippen molar-refractivity contribution in [2.45, 2.75) is 32.4 Å². The van der Waals surface area contributed by atoms with E-state index in [1.54, 1.807) is 23.9 Å². The highest BCUT2D eigenvalue weighted by molar-refractivity contribution is 9.10. The fraction of sp³-hybridized carbons (Fsp3) is 0.318. The maximum atomic E-state index is 14.7. The second kappa shape index (κ2) is 9.24. The molecule has 1 aromatic heterocycles. The van der Waals surface area contributed by atoms with Crippen LogP contribution in [0.25, 0.3) is 22.5 Å². The number of ether oxygens (including phenoxy) is 2. The van der Waals surface area contributed by atoms with E-state index in [1.165, 1.54) is 6.07 Å². The third kappa shape index (κ3) is 5.56. The molecular weight excluding hydrogens is 451 g/mol. The molecule has 0 N–H and O–H groups in total. The molecule has 3 aromatic rings. The lowest BCUT2D eigenvalue weighted by Gasteiger charge is -2.16. The van der Waals surface area contributed by atoms with Gasteiger partial charge in [-0.05, 0) is 36.4 Å². The highest BCUT2D eigenvalue weighted by Gasteiger charge is 2.19. The number of hydrogen-bond acceptors (Lipinski definition) is 3. The van der Waals surface area contributed by atoms with Crippen molar-refractivity contribution < 1.29 is 13.9 Å². The first kappa shape index (κ1) is 21.7. The van der Waals surface area contributed by atoms with E-state index >= 15 is 0 Å². The summed E-state index contributed by atoms with van der Waals surface area (Å²) in [6.45, 7) is 7.85. The first-order valence-electron chi connectivity index (χ1n) is 9.53. The van der Waals surface area contributed by atoms with Crippen LogP contribution in [0.3, 0.4) is 0 Å². The zero-order chi connectivity index (χ0) is 21.0. The SMILES string of the molecule is COc1cccc(F)c1-c1cc(-c2ccc(Br)cc2)nn1COCC[Si](C)(C)C. The summed E-state index contributed by atoms with van der Waals surface area (Å²) in [6, 6.07) is 15.6. The molecule has 3 rings (SSSR count). The number of halogens is 2. The Kier molecular flexibility index (Phi) is 6.92. The summed E-state index contributed by atoms with van der Waals surface area (Å²) in [6.07, 6.45) is 0. The Morgan fingerprint density at radius 2 is 1.83 bits per heavy atom. The molecule has 0 saturated heterocycles. The van der Waals surface area contributed by atoms with Gasteiger partial charge in [0.25, 0.3) is 0 Å². The third-order valence-electron chi connectivity index (χ3n) is 4.58. The maximum absolute atomic E-state index is 14.7.